The summed E-state index contributed by atoms with van der Waals surface area (Å²) in [5, 5.41) is 9.03. The van der Waals surface area contributed by atoms with Gasteiger partial charge < -0.3 is 4.90 Å². The van der Waals surface area contributed by atoms with Crippen molar-refractivity contribution in [1.82, 2.24) is 14.1 Å². The Morgan fingerprint density at radius 2 is 1.81 bits per heavy atom. The van der Waals surface area contributed by atoms with Crippen LogP contribution in [0.15, 0.2) is 47.4 Å². The highest BCUT2D eigenvalue weighted by molar-refractivity contribution is 7.89. The van der Waals surface area contributed by atoms with E-state index in [9.17, 15) is 13.2 Å². The molecule has 0 spiro atoms. The van der Waals surface area contributed by atoms with E-state index in [1.807, 2.05) is 42.3 Å². The monoisotopic (exact) mass is 452 g/mol. The summed E-state index contributed by atoms with van der Waals surface area (Å²) in [5.74, 6) is -0.0153. The number of sulfonamides is 1. The Bertz CT molecular complexity index is 1150. The van der Waals surface area contributed by atoms with E-state index in [1.165, 1.54) is 9.87 Å². The first kappa shape index (κ1) is 22.5. The summed E-state index contributed by atoms with van der Waals surface area (Å²) in [4.78, 5) is 16.7. The van der Waals surface area contributed by atoms with Gasteiger partial charge in [-0.15, -0.1) is 0 Å². The second kappa shape index (κ2) is 9.41. The summed E-state index contributed by atoms with van der Waals surface area (Å²) in [7, 11) is -1.68. The summed E-state index contributed by atoms with van der Waals surface area (Å²) in [6, 6.07) is 15.0. The van der Waals surface area contributed by atoms with Crippen molar-refractivity contribution in [2.75, 3.05) is 39.8 Å². The predicted octanol–water partition coefficient (Wildman–Crippen LogP) is 2.01. The van der Waals surface area contributed by atoms with Gasteiger partial charge in [0.05, 0.1) is 23.1 Å². The number of nitriles is 1. The molecule has 1 aliphatic heterocycles. The molecule has 0 radical (unpaired) electrons. The van der Waals surface area contributed by atoms with Gasteiger partial charge in [-0.05, 0) is 67.3 Å². The van der Waals surface area contributed by atoms with Gasteiger partial charge in [0.25, 0.3) is 0 Å². The van der Waals surface area contributed by atoms with Gasteiger partial charge >= 0.3 is 0 Å². The fourth-order valence-electron chi connectivity index (χ4n) is 4.47. The molecule has 1 heterocycles. The third kappa shape index (κ3) is 4.85. The van der Waals surface area contributed by atoms with E-state index in [0.29, 0.717) is 43.2 Å². The highest BCUT2D eigenvalue weighted by Crippen LogP contribution is 2.26. The molecule has 2 aliphatic rings. The summed E-state index contributed by atoms with van der Waals surface area (Å²) in [5.41, 5.74) is 3.97. The van der Waals surface area contributed by atoms with Gasteiger partial charge in [-0.25, -0.2) is 8.42 Å². The largest absolute Gasteiger partial charge is 0.339 e. The Morgan fingerprint density at radius 3 is 2.56 bits per heavy atom. The number of carbonyl (C=O) groups is 1. The van der Waals surface area contributed by atoms with Gasteiger partial charge in [-0.2, -0.15) is 9.57 Å². The van der Waals surface area contributed by atoms with Crippen molar-refractivity contribution < 1.29 is 13.2 Å². The minimum Gasteiger partial charge on any atom is -0.339 e. The minimum atomic E-state index is -3.54. The number of carbonyl (C=O) groups excluding carboxylic acids is 1. The lowest BCUT2D eigenvalue weighted by Crippen LogP contribution is -2.52. The predicted molar refractivity (Wildman–Crippen MR) is 121 cm³/mol. The average molecular weight is 453 g/mol. The van der Waals surface area contributed by atoms with Crippen molar-refractivity contribution >= 4 is 15.9 Å². The van der Waals surface area contributed by atoms with Crippen LogP contribution >= 0.6 is 0 Å². The molecule has 0 saturated carbocycles. The van der Waals surface area contributed by atoms with Crippen molar-refractivity contribution in [3.8, 4) is 6.07 Å². The number of hydrogen-bond donors (Lipinski definition) is 0. The molecule has 1 aliphatic carbocycles. The fraction of sp³-hybridized carbons (Fsp3) is 0.417. The Hall–Kier alpha value is -2.73. The molecule has 2 aromatic carbocycles. The molecule has 32 heavy (non-hydrogen) atoms. The molecule has 1 fully saturated rings. The third-order valence-corrected chi connectivity index (χ3v) is 8.11. The van der Waals surface area contributed by atoms with E-state index in [0.717, 1.165) is 30.4 Å². The highest BCUT2D eigenvalue weighted by Gasteiger charge is 2.31. The molecule has 0 unspecified atom stereocenters. The van der Waals surface area contributed by atoms with Crippen LogP contribution in [0.3, 0.4) is 0 Å². The van der Waals surface area contributed by atoms with Crippen LogP contribution in [-0.4, -0.2) is 68.2 Å². The van der Waals surface area contributed by atoms with Crippen molar-refractivity contribution in [2.24, 2.45) is 0 Å². The first-order valence-electron chi connectivity index (χ1n) is 10.9. The Morgan fingerprint density at radius 1 is 1.06 bits per heavy atom. The van der Waals surface area contributed by atoms with Gasteiger partial charge in [0.1, 0.15) is 0 Å². The lowest BCUT2D eigenvalue weighted by atomic mass is 10.1. The molecule has 168 valence electrons. The first-order chi connectivity index (χ1) is 15.4. The normalized spacial score (nSPS) is 16.7. The Kier molecular flexibility index (Phi) is 6.60. The standard InChI is InChI=1S/C24H28N4O3S/c1-26(17-20-5-2-4-19(14-20)16-25)18-24(29)27-10-12-28(13-11-27)32(30,31)23-9-8-21-6-3-7-22(21)15-23/h2,4-5,8-9,14-15H,3,6-7,10-13,17-18H2,1H3. The van der Waals surface area contributed by atoms with Crippen LogP contribution in [0.25, 0.3) is 0 Å². The van der Waals surface area contributed by atoms with Crippen LogP contribution in [0.2, 0.25) is 0 Å². The summed E-state index contributed by atoms with van der Waals surface area (Å²) < 4.78 is 27.7. The minimum absolute atomic E-state index is 0.0153. The molecular formula is C24H28N4O3S. The molecule has 0 aromatic heterocycles. The van der Waals surface area contributed by atoms with Gasteiger partial charge in [0, 0.05) is 32.7 Å². The van der Waals surface area contributed by atoms with E-state index < -0.39 is 10.0 Å². The maximum absolute atomic E-state index is 13.1. The zero-order valence-electron chi connectivity index (χ0n) is 18.3. The zero-order chi connectivity index (χ0) is 22.7. The maximum Gasteiger partial charge on any atom is 0.243 e. The molecule has 4 rings (SSSR count). The van der Waals surface area contributed by atoms with Crippen molar-refractivity contribution in [1.29, 1.82) is 5.26 Å². The van der Waals surface area contributed by atoms with Crippen molar-refractivity contribution in [2.45, 2.75) is 30.7 Å². The number of benzene rings is 2. The van der Waals surface area contributed by atoms with E-state index in [2.05, 4.69) is 6.07 Å². The van der Waals surface area contributed by atoms with Gasteiger partial charge in [0.15, 0.2) is 0 Å². The van der Waals surface area contributed by atoms with Crippen LogP contribution in [-0.2, 0) is 34.2 Å². The molecule has 2 aromatic rings. The Labute approximate surface area is 189 Å². The Balaban J connectivity index is 1.32. The van der Waals surface area contributed by atoms with E-state index in [4.69, 9.17) is 5.26 Å². The SMILES string of the molecule is CN(CC(=O)N1CCN(S(=O)(=O)c2ccc3c(c2)CCC3)CC1)Cc1cccc(C#N)c1. The maximum atomic E-state index is 13.1. The number of likely N-dealkylation sites (N-methyl/N-ethyl adjacent to an activating group) is 1. The second-order valence-electron chi connectivity index (χ2n) is 8.55. The smallest absolute Gasteiger partial charge is 0.243 e. The third-order valence-electron chi connectivity index (χ3n) is 6.21. The van der Waals surface area contributed by atoms with Crippen LogP contribution in [0, 0.1) is 11.3 Å². The number of aryl methyl sites for hydroxylation is 2. The number of amides is 1. The molecule has 8 heteroatoms. The molecule has 0 bridgehead atoms. The number of piperazine rings is 1. The van der Waals surface area contributed by atoms with Crippen LogP contribution in [0.5, 0.6) is 0 Å². The van der Waals surface area contributed by atoms with Crippen LogP contribution in [0.4, 0.5) is 0 Å². The van der Waals surface area contributed by atoms with E-state index in [-0.39, 0.29) is 12.5 Å². The summed E-state index contributed by atoms with van der Waals surface area (Å²) in [6.45, 7) is 2.20. The van der Waals surface area contributed by atoms with E-state index in [1.54, 1.807) is 17.0 Å². The summed E-state index contributed by atoms with van der Waals surface area (Å²) >= 11 is 0. The number of nitrogens with zero attached hydrogens (tertiary/aromatic N) is 4. The molecule has 7 nitrogen and oxygen atoms in total. The quantitative estimate of drug-likeness (QED) is 0.669. The number of fused-ring (bicyclic) bond motifs is 1. The van der Waals surface area contributed by atoms with Crippen molar-refractivity contribution in [3.05, 3.63) is 64.7 Å². The average Bonchev–Trinajstić information content (AvgIpc) is 3.27. The van der Waals surface area contributed by atoms with Crippen LogP contribution < -0.4 is 0 Å². The molecule has 0 atom stereocenters. The molecule has 1 saturated heterocycles. The fourth-order valence-corrected chi connectivity index (χ4v) is 5.95. The van der Waals surface area contributed by atoms with Crippen molar-refractivity contribution in [3.63, 3.8) is 0 Å². The highest BCUT2D eigenvalue weighted by atomic mass is 32.2. The van der Waals surface area contributed by atoms with E-state index >= 15 is 0 Å². The zero-order valence-corrected chi connectivity index (χ0v) is 19.1. The lowest BCUT2D eigenvalue weighted by Gasteiger charge is -2.35. The topological polar surface area (TPSA) is 84.7 Å². The first-order valence-corrected chi connectivity index (χ1v) is 12.4. The van der Waals surface area contributed by atoms with Crippen LogP contribution in [0.1, 0.15) is 28.7 Å². The van der Waals surface area contributed by atoms with Gasteiger partial charge in [0.2, 0.25) is 15.9 Å². The number of hydrogen-bond acceptors (Lipinski definition) is 5. The molecule has 0 N–H and O–H groups in total. The number of rotatable bonds is 6. The van der Waals surface area contributed by atoms with Gasteiger partial charge in [-0.1, -0.05) is 18.2 Å². The lowest BCUT2D eigenvalue weighted by molar-refractivity contribution is -0.133. The second-order valence-corrected chi connectivity index (χ2v) is 10.5. The van der Waals surface area contributed by atoms with Gasteiger partial charge in [-0.3, -0.25) is 9.69 Å². The molecule has 1 amide bonds. The summed E-state index contributed by atoms with van der Waals surface area (Å²) in [6.07, 6.45) is 3.04. The molecular weight excluding hydrogens is 424 g/mol.